The number of likely N-dealkylation sites (tertiary alicyclic amines) is 1. The van der Waals surface area contributed by atoms with Crippen molar-refractivity contribution in [2.75, 3.05) is 19.7 Å². The van der Waals surface area contributed by atoms with Crippen LogP contribution >= 0.6 is 15.9 Å². The van der Waals surface area contributed by atoms with Crippen LogP contribution in [0.4, 0.5) is 0 Å². The van der Waals surface area contributed by atoms with Crippen molar-refractivity contribution in [3.8, 4) is 17.4 Å². The Kier molecular flexibility index (Phi) is 5.19. The normalized spacial score (nSPS) is 19.8. The van der Waals surface area contributed by atoms with Crippen molar-refractivity contribution in [1.29, 1.82) is 0 Å². The molecule has 2 aliphatic rings. The molecule has 2 aliphatic heterocycles. The van der Waals surface area contributed by atoms with Crippen LogP contribution in [0.25, 0.3) is 0 Å². The summed E-state index contributed by atoms with van der Waals surface area (Å²) in [5.41, 5.74) is 0.874. The van der Waals surface area contributed by atoms with Crippen molar-refractivity contribution < 1.29 is 19.0 Å². The predicted molar refractivity (Wildman–Crippen MR) is 108 cm³/mol. The van der Waals surface area contributed by atoms with Gasteiger partial charge in [-0.3, -0.25) is 4.79 Å². The topological polar surface area (TPSA) is 60.9 Å². The van der Waals surface area contributed by atoms with Gasteiger partial charge in [0.25, 0.3) is 5.91 Å². The molecule has 1 aromatic carbocycles. The molecular formula is C21H23BrN2O4. The van der Waals surface area contributed by atoms with Gasteiger partial charge in [-0.1, -0.05) is 12.1 Å². The average molecular weight is 447 g/mol. The number of amides is 1. The van der Waals surface area contributed by atoms with Crippen LogP contribution in [0.5, 0.6) is 17.4 Å². The van der Waals surface area contributed by atoms with Crippen molar-refractivity contribution in [3.05, 3.63) is 46.6 Å². The summed E-state index contributed by atoms with van der Waals surface area (Å²) in [5.74, 6) is 1.90. The third-order valence-corrected chi connectivity index (χ3v) is 5.36. The van der Waals surface area contributed by atoms with E-state index in [9.17, 15) is 4.79 Å². The second-order valence-electron chi connectivity index (χ2n) is 7.75. The van der Waals surface area contributed by atoms with E-state index in [1.165, 1.54) is 0 Å². The summed E-state index contributed by atoms with van der Waals surface area (Å²) in [6.45, 7) is 5.28. The first-order valence-electron chi connectivity index (χ1n) is 9.39. The molecule has 0 spiro atoms. The molecule has 1 saturated heterocycles. The first kappa shape index (κ1) is 19.1. The van der Waals surface area contributed by atoms with E-state index in [2.05, 4.69) is 20.9 Å². The second-order valence-corrected chi connectivity index (χ2v) is 8.67. The minimum atomic E-state index is -0.244. The number of hydrogen-bond acceptors (Lipinski definition) is 5. The van der Waals surface area contributed by atoms with Gasteiger partial charge >= 0.3 is 0 Å². The largest absolute Gasteiger partial charge is 0.483 e. The minimum Gasteiger partial charge on any atom is -0.483 e. The van der Waals surface area contributed by atoms with E-state index in [4.69, 9.17) is 14.2 Å². The van der Waals surface area contributed by atoms with E-state index in [0.29, 0.717) is 24.7 Å². The monoisotopic (exact) mass is 446 g/mol. The Morgan fingerprint density at radius 1 is 1.36 bits per heavy atom. The maximum Gasteiger partial charge on any atom is 0.260 e. The summed E-state index contributed by atoms with van der Waals surface area (Å²) in [6, 6.07) is 9.53. The Labute approximate surface area is 172 Å². The van der Waals surface area contributed by atoms with Gasteiger partial charge in [0, 0.05) is 41.7 Å². The maximum absolute atomic E-state index is 12.6. The summed E-state index contributed by atoms with van der Waals surface area (Å²) in [4.78, 5) is 18.6. The van der Waals surface area contributed by atoms with Gasteiger partial charge in [0.1, 0.15) is 11.7 Å². The first-order valence-corrected chi connectivity index (χ1v) is 10.2. The van der Waals surface area contributed by atoms with E-state index >= 15 is 0 Å². The van der Waals surface area contributed by atoms with Gasteiger partial charge in [-0.15, -0.1) is 0 Å². The molecule has 2 aromatic rings. The summed E-state index contributed by atoms with van der Waals surface area (Å²) in [5, 5.41) is 0. The van der Waals surface area contributed by atoms with Crippen molar-refractivity contribution in [2.45, 2.75) is 38.4 Å². The van der Waals surface area contributed by atoms with Crippen molar-refractivity contribution in [3.63, 3.8) is 0 Å². The molecule has 1 amide bonds. The third-order valence-electron chi connectivity index (χ3n) is 4.89. The van der Waals surface area contributed by atoms with E-state index in [-0.39, 0.29) is 24.2 Å². The number of aromatic nitrogens is 1. The number of para-hydroxylation sites is 1. The molecule has 1 aromatic heterocycles. The van der Waals surface area contributed by atoms with Crippen molar-refractivity contribution >= 4 is 21.8 Å². The zero-order valence-electron chi connectivity index (χ0n) is 16.0. The second kappa shape index (κ2) is 7.62. The number of hydrogen-bond donors (Lipinski definition) is 0. The number of rotatable bonds is 5. The Bertz CT molecular complexity index is 869. The number of carbonyl (C=O) groups is 1. The highest BCUT2D eigenvalue weighted by Crippen LogP contribution is 2.41. The van der Waals surface area contributed by atoms with E-state index < -0.39 is 0 Å². The predicted octanol–water partition coefficient (Wildman–Crippen LogP) is 3.62. The van der Waals surface area contributed by atoms with Gasteiger partial charge in [-0.25, -0.2) is 4.98 Å². The molecule has 4 rings (SSSR count). The Morgan fingerprint density at radius 2 is 2.21 bits per heavy atom. The standard InChI is InChI=1S/C21H23BrN2O4/c1-21(2)10-14-4-3-5-17(20(14)28-21)26-13-19(25)24-9-8-16(12-24)27-18-7-6-15(22)11-23-18/h3-7,11,16H,8-10,12-13H2,1-2H3. The molecule has 7 heteroatoms. The number of ether oxygens (including phenoxy) is 3. The molecule has 1 atom stereocenters. The van der Waals surface area contributed by atoms with Crippen LogP contribution in [0, 0.1) is 0 Å². The Hall–Kier alpha value is -2.28. The fraction of sp³-hybridized carbons (Fsp3) is 0.429. The van der Waals surface area contributed by atoms with Gasteiger partial charge in [0.05, 0.1) is 6.54 Å². The van der Waals surface area contributed by atoms with Crippen LogP contribution in [-0.2, 0) is 11.2 Å². The molecule has 0 aliphatic carbocycles. The SMILES string of the molecule is CC1(C)Cc2cccc(OCC(=O)N3CCC(Oc4ccc(Br)cn4)C3)c2O1. The van der Waals surface area contributed by atoms with E-state index in [1.807, 2.05) is 44.2 Å². The summed E-state index contributed by atoms with van der Waals surface area (Å²) >= 11 is 3.35. The first-order chi connectivity index (χ1) is 13.4. The van der Waals surface area contributed by atoms with Gasteiger partial charge in [0.2, 0.25) is 5.88 Å². The quantitative estimate of drug-likeness (QED) is 0.701. The van der Waals surface area contributed by atoms with Crippen LogP contribution in [0.2, 0.25) is 0 Å². The zero-order chi connectivity index (χ0) is 19.7. The molecule has 1 unspecified atom stereocenters. The van der Waals surface area contributed by atoms with E-state index in [1.54, 1.807) is 11.1 Å². The summed E-state index contributed by atoms with van der Waals surface area (Å²) < 4.78 is 18.6. The third kappa shape index (κ3) is 4.24. The number of pyridine rings is 1. The Morgan fingerprint density at radius 3 is 3.00 bits per heavy atom. The zero-order valence-corrected chi connectivity index (χ0v) is 17.6. The minimum absolute atomic E-state index is 0.0104. The Balaban J connectivity index is 1.31. The molecule has 3 heterocycles. The number of fused-ring (bicyclic) bond motifs is 1. The highest BCUT2D eigenvalue weighted by molar-refractivity contribution is 9.10. The van der Waals surface area contributed by atoms with Crippen molar-refractivity contribution in [2.24, 2.45) is 0 Å². The molecule has 0 N–H and O–H groups in total. The smallest absolute Gasteiger partial charge is 0.260 e. The van der Waals surface area contributed by atoms with E-state index in [0.717, 1.165) is 28.6 Å². The molecule has 0 radical (unpaired) electrons. The lowest BCUT2D eigenvalue weighted by atomic mass is 10.0. The maximum atomic E-state index is 12.6. The highest BCUT2D eigenvalue weighted by atomic mass is 79.9. The number of carbonyl (C=O) groups excluding carboxylic acids is 1. The lowest BCUT2D eigenvalue weighted by Crippen LogP contribution is -2.34. The van der Waals surface area contributed by atoms with Crippen LogP contribution in [-0.4, -0.2) is 47.2 Å². The fourth-order valence-electron chi connectivity index (χ4n) is 3.59. The fourth-order valence-corrected chi connectivity index (χ4v) is 3.82. The number of nitrogens with zero attached hydrogens (tertiary/aromatic N) is 2. The molecule has 1 fully saturated rings. The van der Waals surface area contributed by atoms with Crippen LogP contribution in [0.3, 0.4) is 0 Å². The van der Waals surface area contributed by atoms with Crippen LogP contribution < -0.4 is 14.2 Å². The van der Waals surface area contributed by atoms with Crippen molar-refractivity contribution in [1.82, 2.24) is 9.88 Å². The number of benzene rings is 1. The van der Waals surface area contributed by atoms with Gasteiger partial charge in [-0.05, 0) is 41.9 Å². The van der Waals surface area contributed by atoms with Crippen LogP contribution in [0.15, 0.2) is 41.0 Å². The molecule has 0 bridgehead atoms. The lowest BCUT2D eigenvalue weighted by Gasteiger charge is -2.19. The summed E-state index contributed by atoms with van der Waals surface area (Å²) in [7, 11) is 0. The highest BCUT2D eigenvalue weighted by Gasteiger charge is 2.33. The van der Waals surface area contributed by atoms with Gasteiger partial charge < -0.3 is 19.1 Å². The van der Waals surface area contributed by atoms with Gasteiger partial charge in [-0.2, -0.15) is 0 Å². The van der Waals surface area contributed by atoms with Gasteiger partial charge in [0.15, 0.2) is 18.1 Å². The molecule has 28 heavy (non-hydrogen) atoms. The van der Waals surface area contributed by atoms with Crippen LogP contribution in [0.1, 0.15) is 25.8 Å². The molecular weight excluding hydrogens is 424 g/mol. The molecule has 148 valence electrons. The summed E-state index contributed by atoms with van der Waals surface area (Å²) in [6.07, 6.45) is 3.26. The average Bonchev–Trinajstić information content (AvgIpc) is 3.24. The number of halogens is 1. The molecule has 0 saturated carbocycles. The lowest BCUT2D eigenvalue weighted by molar-refractivity contribution is -0.132. The molecule has 6 nitrogen and oxygen atoms in total.